The first-order valence-electron chi connectivity index (χ1n) is 6.96. The van der Waals surface area contributed by atoms with Crippen LogP contribution in [0.1, 0.15) is 55.6 Å². The van der Waals surface area contributed by atoms with Crippen molar-refractivity contribution in [3.8, 4) is 17.2 Å². The van der Waals surface area contributed by atoms with E-state index in [4.69, 9.17) is 9.47 Å². The molecule has 0 saturated heterocycles. The predicted octanol–water partition coefficient (Wildman–Crippen LogP) is 3.28. The van der Waals surface area contributed by atoms with E-state index in [9.17, 15) is 15.0 Å². The summed E-state index contributed by atoms with van der Waals surface area (Å²) in [5.41, 5.74) is 0.528. The molecular weight excluding hydrogens is 272 g/mol. The molecule has 2 N–H and O–H groups in total. The molecule has 21 heavy (non-hydrogen) atoms. The fourth-order valence-corrected chi connectivity index (χ4v) is 2.33. The van der Waals surface area contributed by atoms with Crippen molar-refractivity contribution in [1.82, 2.24) is 0 Å². The topological polar surface area (TPSA) is 76.0 Å². The number of phenols is 2. The van der Waals surface area contributed by atoms with Gasteiger partial charge in [0.2, 0.25) is 5.75 Å². The second kappa shape index (κ2) is 6.24. The maximum atomic E-state index is 12.4. The lowest BCUT2D eigenvalue weighted by Crippen LogP contribution is -2.20. The smallest absolute Gasteiger partial charge is 0.338 e. The average molecular weight is 296 g/mol. The molecule has 0 atom stereocenters. The highest BCUT2D eigenvalue weighted by molar-refractivity contribution is 5.96. The number of methoxy groups -OCH3 is 1. The number of aromatic hydroxyl groups is 2. The minimum absolute atomic E-state index is 0.0870. The van der Waals surface area contributed by atoms with Crippen molar-refractivity contribution in [3.05, 3.63) is 16.7 Å². The molecule has 0 amide bonds. The van der Waals surface area contributed by atoms with Crippen LogP contribution in [0.15, 0.2) is 0 Å². The molecule has 1 aromatic rings. The first-order valence-corrected chi connectivity index (χ1v) is 6.96. The molecule has 0 fully saturated rings. The van der Waals surface area contributed by atoms with Gasteiger partial charge in [0, 0.05) is 11.1 Å². The van der Waals surface area contributed by atoms with Crippen LogP contribution in [0.5, 0.6) is 17.2 Å². The Labute approximate surface area is 125 Å². The second-order valence-corrected chi connectivity index (χ2v) is 5.99. The van der Waals surface area contributed by atoms with Gasteiger partial charge in [-0.25, -0.2) is 4.79 Å². The minimum Gasteiger partial charge on any atom is -0.504 e. The van der Waals surface area contributed by atoms with Crippen molar-refractivity contribution >= 4 is 5.97 Å². The highest BCUT2D eigenvalue weighted by Crippen LogP contribution is 2.47. The van der Waals surface area contributed by atoms with Crippen LogP contribution in [0.2, 0.25) is 0 Å². The molecule has 0 bridgehead atoms. The van der Waals surface area contributed by atoms with Crippen molar-refractivity contribution in [3.63, 3.8) is 0 Å². The standard InChI is InChI=1S/C16H24O5/c1-7-8-21-15(19)10-9(2)14(20-6)13(18)12(17)11(10)16(3,4)5/h17-18H,7-8H2,1-6H3. The minimum atomic E-state index is -0.542. The van der Waals surface area contributed by atoms with Crippen molar-refractivity contribution < 1.29 is 24.5 Å². The molecule has 5 nitrogen and oxygen atoms in total. The lowest BCUT2D eigenvalue weighted by atomic mass is 9.81. The Morgan fingerprint density at radius 1 is 1.19 bits per heavy atom. The molecule has 0 aromatic heterocycles. The maximum Gasteiger partial charge on any atom is 0.338 e. The number of hydrogen-bond donors (Lipinski definition) is 2. The molecular formula is C16H24O5. The van der Waals surface area contributed by atoms with Gasteiger partial charge in [-0.3, -0.25) is 0 Å². The zero-order chi connectivity index (χ0) is 16.4. The first-order chi connectivity index (χ1) is 9.66. The zero-order valence-corrected chi connectivity index (χ0v) is 13.5. The number of carbonyl (C=O) groups excluding carboxylic acids is 1. The predicted molar refractivity (Wildman–Crippen MR) is 80.3 cm³/mol. The monoisotopic (exact) mass is 296 g/mol. The van der Waals surface area contributed by atoms with Gasteiger partial charge >= 0.3 is 5.97 Å². The van der Waals surface area contributed by atoms with Crippen LogP contribution in [0.25, 0.3) is 0 Å². The third-order valence-electron chi connectivity index (χ3n) is 3.24. The Balaban J connectivity index is 3.65. The first kappa shape index (κ1) is 17.1. The summed E-state index contributed by atoms with van der Waals surface area (Å²) in [6.07, 6.45) is 0.705. The summed E-state index contributed by atoms with van der Waals surface area (Å²) in [4.78, 5) is 12.4. The van der Waals surface area contributed by atoms with Crippen LogP contribution in [0.3, 0.4) is 0 Å². The van der Waals surface area contributed by atoms with Crippen LogP contribution in [-0.2, 0) is 10.2 Å². The van der Waals surface area contributed by atoms with E-state index in [-0.39, 0.29) is 22.8 Å². The Morgan fingerprint density at radius 3 is 2.19 bits per heavy atom. The summed E-state index contributed by atoms with van der Waals surface area (Å²) < 4.78 is 10.3. The van der Waals surface area contributed by atoms with Crippen molar-refractivity contribution in [2.24, 2.45) is 0 Å². The Kier molecular flexibility index (Phi) is 5.10. The lowest BCUT2D eigenvalue weighted by molar-refractivity contribution is 0.0500. The van der Waals surface area contributed by atoms with Crippen LogP contribution in [-0.4, -0.2) is 29.9 Å². The van der Waals surface area contributed by atoms with E-state index in [1.807, 2.05) is 27.7 Å². The molecule has 0 spiro atoms. The molecule has 5 heteroatoms. The van der Waals surface area contributed by atoms with Crippen LogP contribution >= 0.6 is 0 Å². The van der Waals surface area contributed by atoms with E-state index in [1.165, 1.54) is 7.11 Å². The Morgan fingerprint density at radius 2 is 1.76 bits per heavy atom. The van der Waals surface area contributed by atoms with E-state index in [0.29, 0.717) is 24.2 Å². The lowest BCUT2D eigenvalue weighted by Gasteiger charge is -2.26. The Hall–Kier alpha value is -1.91. The van der Waals surface area contributed by atoms with E-state index in [1.54, 1.807) is 6.92 Å². The quantitative estimate of drug-likeness (QED) is 0.658. The fraction of sp³-hybridized carbons (Fsp3) is 0.562. The summed E-state index contributed by atoms with van der Waals surface area (Å²) in [5, 5.41) is 20.4. The molecule has 0 aliphatic carbocycles. The zero-order valence-electron chi connectivity index (χ0n) is 13.5. The van der Waals surface area contributed by atoms with Crippen LogP contribution in [0.4, 0.5) is 0 Å². The van der Waals surface area contributed by atoms with E-state index >= 15 is 0 Å². The number of hydrogen-bond acceptors (Lipinski definition) is 5. The SMILES string of the molecule is CCCOC(=O)c1c(C)c(OC)c(O)c(O)c1C(C)(C)C. The average Bonchev–Trinajstić information content (AvgIpc) is 2.39. The summed E-state index contributed by atoms with van der Waals surface area (Å²) >= 11 is 0. The normalized spacial score (nSPS) is 11.3. The number of phenolic OH excluding ortho intramolecular Hbond substituents is 2. The molecule has 0 heterocycles. The van der Waals surface area contributed by atoms with Crippen molar-refractivity contribution in [2.45, 2.75) is 46.5 Å². The molecule has 0 saturated carbocycles. The highest BCUT2D eigenvalue weighted by Gasteiger charge is 2.33. The van der Waals surface area contributed by atoms with E-state index < -0.39 is 11.4 Å². The van der Waals surface area contributed by atoms with Crippen molar-refractivity contribution in [1.29, 1.82) is 0 Å². The molecule has 0 radical (unpaired) electrons. The summed E-state index contributed by atoms with van der Waals surface area (Å²) in [6.45, 7) is 9.42. The van der Waals surface area contributed by atoms with Gasteiger partial charge in [0.25, 0.3) is 0 Å². The van der Waals surface area contributed by atoms with Gasteiger partial charge in [-0.2, -0.15) is 0 Å². The van der Waals surface area contributed by atoms with Gasteiger partial charge in [0.1, 0.15) is 0 Å². The summed E-state index contributed by atoms with van der Waals surface area (Å²) in [6, 6.07) is 0. The van der Waals surface area contributed by atoms with Crippen LogP contribution in [0, 0.1) is 6.92 Å². The summed E-state index contributed by atoms with van der Waals surface area (Å²) in [7, 11) is 1.37. The largest absolute Gasteiger partial charge is 0.504 e. The van der Waals surface area contributed by atoms with Gasteiger partial charge in [-0.1, -0.05) is 27.7 Å². The van der Waals surface area contributed by atoms with Gasteiger partial charge in [0.15, 0.2) is 11.5 Å². The summed E-state index contributed by atoms with van der Waals surface area (Å²) in [5.74, 6) is -1.13. The molecule has 1 rings (SSSR count). The number of ether oxygens (including phenoxy) is 2. The second-order valence-electron chi connectivity index (χ2n) is 5.99. The third-order valence-corrected chi connectivity index (χ3v) is 3.24. The number of benzene rings is 1. The highest BCUT2D eigenvalue weighted by atomic mass is 16.5. The molecule has 0 aliphatic heterocycles. The Bertz CT molecular complexity index is 541. The maximum absolute atomic E-state index is 12.4. The number of esters is 1. The number of rotatable bonds is 4. The van der Waals surface area contributed by atoms with Crippen LogP contribution < -0.4 is 4.74 Å². The molecule has 0 unspecified atom stereocenters. The molecule has 1 aromatic carbocycles. The van der Waals surface area contributed by atoms with Gasteiger partial charge < -0.3 is 19.7 Å². The fourth-order valence-electron chi connectivity index (χ4n) is 2.33. The molecule has 0 aliphatic rings. The van der Waals surface area contributed by atoms with Gasteiger partial charge in [0.05, 0.1) is 19.3 Å². The van der Waals surface area contributed by atoms with Gasteiger partial charge in [-0.05, 0) is 18.8 Å². The third kappa shape index (κ3) is 3.23. The number of carbonyl (C=O) groups is 1. The molecule has 118 valence electrons. The van der Waals surface area contributed by atoms with E-state index in [0.717, 1.165) is 0 Å². The van der Waals surface area contributed by atoms with E-state index in [2.05, 4.69) is 0 Å². The van der Waals surface area contributed by atoms with Crippen molar-refractivity contribution in [2.75, 3.05) is 13.7 Å². The van der Waals surface area contributed by atoms with Gasteiger partial charge in [-0.15, -0.1) is 0 Å².